The number of hydrogen-bond acceptors (Lipinski definition) is 5. The van der Waals surface area contributed by atoms with Gasteiger partial charge in [0.05, 0.1) is 0 Å². The molecule has 0 aromatic heterocycles. The van der Waals surface area contributed by atoms with Gasteiger partial charge in [0.2, 0.25) is 5.78 Å². The van der Waals surface area contributed by atoms with Gasteiger partial charge in [-0.15, -0.1) is 0 Å². The lowest BCUT2D eigenvalue weighted by Gasteiger charge is -2.12. The largest absolute Gasteiger partial charge is 0.508 e. The molecule has 0 radical (unpaired) electrons. The van der Waals surface area contributed by atoms with Gasteiger partial charge < -0.3 is 15.3 Å². The molecule has 0 bridgehead atoms. The Morgan fingerprint density at radius 2 is 1.45 bits per heavy atom. The summed E-state index contributed by atoms with van der Waals surface area (Å²) in [7, 11) is 0. The SMILES string of the molecule is Cc1cc(O)c2cc3c(O)cc(O)cc3c(C(=O)C=O)c2c1. The number of carbonyl (C=O) groups is 2. The van der Waals surface area contributed by atoms with E-state index in [-0.39, 0.29) is 39.9 Å². The van der Waals surface area contributed by atoms with Gasteiger partial charge >= 0.3 is 0 Å². The Morgan fingerprint density at radius 3 is 2.09 bits per heavy atom. The van der Waals surface area contributed by atoms with Crippen molar-refractivity contribution in [3.05, 3.63) is 41.5 Å². The quantitative estimate of drug-likeness (QED) is 0.292. The van der Waals surface area contributed by atoms with E-state index in [0.717, 1.165) is 6.07 Å². The molecule has 3 aromatic carbocycles. The van der Waals surface area contributed by atoms with E-state index in [1.807, 2.05) is 0 Å². The number of aryl methyl sites for hydroxylation is 1. The van der Waals surface area contributed by atoms with Crippen LogP contribution in [0.15, 0.2) is 30.3 Å². The van der Waals surface area contributed by atoms with Crippen molar-refractivity contribution in [1.82, 2.24) is 0 Å². The molecule has 3 rings (SSSR count). The Labute approximate surface area is 125 Å². The van der Waals surface area contributed by atoms with Crippen LogP contribution in [0.1, 0.15) is 15.9 Å². The van der Waals surface area contributed by atoms with Crippen molar-refractivity contribution in [3.8, 4) is 17.2 Å². The molecule has 3 aromatic rings. The molecular weight excluding hydrogens is 284 g/mol. The third kappa shape index (κ3) is 1.95. The van der Waals surface area contributed by atoms with Crippen molar-refractivity contribution >= 4 is 33.6 Å². The number of rotatable bonds is 2. The summed E-state index contributed by atoms with van der Waals surface area (Å²) in [6.45, 7) is 1.75. The lowest BCUT2D eigenvalue weighted by molar-refractivity contribution is -0.104. The van der Waals surface area contributed by atoms with Gasteiger partial charge in [-0.05, 0) is 36.1 Å². The van der Waals surface area contributed by atoms with Crippen LogP contribution in [0.25, 0.3) is 21.5 Å². The van der Waals surface area contributed by atoms with Gasteiger partial charge in [0.25, 0.3) is 0 Å². The third-order valence-corrected chi connectivity index (χ3v) is 3.63. The molecule has 0 unspecified atom stereocenters. The summed E-state index contributed by atoms with van der Waals surface area (Å²) in [4.78, 5) is 23.1. The summed E-state index contributed by atoms with van der Waals surface area (Å²) in [5.41, 5.74) is 0.765. The van der Waals surface area contributed by atoms with E-state index in [1.54, 1.807) is 13.0 Å². The van der Waals surface area contributed by atoms with Crippen LogP contribution < -0.4 is 0 Å². The van der Waals surface area contributed by atoms with Gasteiger partial charge in [-0.2, -0.15) is 0 Å². The Hall–Kier alpha value is -3.08. The molecule has 3 N–H and O–H groups in total. The van der Waals surface area contributed by atoms with Gasteiger partial charge in [-0.25, -0.2) is 0 Å². The maximum absolute atomic E-state index is 12.1. The summed E-state index contributed by atoms with van der Waals surface area (Å²) in [6.07, 6.45) is 0.175. The molecule has 0 aliphatic heterocycles. The van der Waals surface area contributed by atoms with Gasteiger partial charge in [0.1, 0.15) is 17.2 Å². The highest BCUT2D eigenvalue weighted by Gasteiger charge is 2.18. The molecule has 0 aliphatic rings. The zero-order valence-electron chi connectivity index (χ0n) is 11.6. The fourth-order valence-corrected chi connectivity index (χ4v) is 2.73. The van der Waals surface area contributed by atoms with Crippen molar-refractivity contribution in [3.63, 3.8) is 0 Å². The van der Waals surface area contributed by atoms with E-state index in [2.05, 4.69) is 0 Å². The first-order chi connectivity index (χ1) is 10.4. The Kier molecular flexibility index (Phi) is 2.99. The van der Waals surface area contributed by atoms with Gasteiger partial charge in [-0.3, -0.25) is 9.59 Å². The average Bonchev–Trinajstić information content (AvgIpc) is 2.44. The maximum atomic E-state index is 12.1. The number of benzene rings is 3. The lowest BCUT2D eigenvalue weighted by Crippen LogP contribution is -2.03. The van der Waals surface area contributed by atoms with Crippen LogP contribution >= 0.6 is 0 Å². The number of phenolic OH excluding ortho intramolecular Hbond substituents is 3. The summed E-state index contributed by atoms with van der Waals surface area (Å²) in [6, 6.07) is 7.17. The van der Waals surface area contributed by atoms with Crippen LogP contribution in [-0.4, -0.2) is 27.4 Å². The van der Waals surface area contributed by atoms with E-state index in [1.165, 1.54) is 18.2 Å². The highest BCUT2D eigenvalue weighted by Crippen LogP contribution is 2.39. The molecule has 0 heterocycles. The lowest BCUT2D eigenvalue weighted by atomic mass is 9.92. The first-order valence-corrected chi connectivity index (χ1v) is 6.54. The number of aldehydes is 1. The Balaban J connectivity index is 2.66. The molecule has 0 saturated heterocycles. The molecule has 0 saturated carbocycles. The van der Waals surface area contributed by atoms with Crippen molar-refractivity contribution in [2.75, 3.05) is 0 Å². The minimum Gasteiger partial charge on any atom is -0.508 e. The molecule has 0 atom stereocenters. The molecule has 0 amide bonds. The van der Waals surface area contributed by atoms with Crippen LogP contribution in [0.3, 0.4) is 0 Å². The summed E-state index contributed by atoms with van der Waals surface area (Å²) in [5, 5.41) is 31.0. The van der Waals surface area contributed by atoms with Crippen molar-refractivity contribution in [2.45, 2.75) is 6.92 Å². The fraction of sp³-hybridized carbons (Fsp3) is 0.0588. The molecule has 22 heavy (non-hydrogen) atoms. The standard InChI is InChI=1S/C17H12O5/c1-8-2-12-10(14(20)3-8)6-11-13(17(12)16(22)7-18)4-9(19)5-15(11)21/h2-7,19-21H,1H3. The molecule has 5 heteroatoms. The van der Waals surface area contributed by atoms with Crippen LogP contribution in [0.5, 0.6) is 17.2 Å². The Bertz CT molecular complexity index is 891. The van der Waals surface area contributed by atoms with E-state index < -0.39 is 5.78 Å². The van der Waals surface area contributed by atoms with Crippen molar-refractivity contribution < 1.29 is 24.9 Å². The number of hydrogen-bond donors (Lipinski definition) is 3. The minimum atomic E-state index is -0.786. The smallest absolute Gasteiger partial charge is 0.226 e. The summed E-state index contributed by atoms with van der Waals surface area (Å²) >= 11 is 0. The monoisotopic (exact) mass is 296 g/mol. The predicted octanol–water partition coefficient (Wildman–Crippen LogP) is 2.80. The topological polar surface area (TPSA) is 94.8 Å². The van der Waals surface area contributed by atoms with Gasteiger partial charge in [-0.1, -0.05) is 6.07 Å². The molecule has 0 aliphatic carbocycles. The number of fused-ring (bicyclic) bond motifs is 2. The molecule has 5 nitrogen and oxygen atoms in total. The number of carbonyl (C=O) groups excluding carboxylic acids is 2. The second-order valence-corrected chi connectivity index (χ2v) is 5.17. The third-order valence-electron chi connectivity index (χ3n) is 3.63. The van der Waals surface area contributed by atoms with Gasteiger partial charge in [0.15, 0.2) is 6.29 Å². The van der Waals surface area contributed by atoms with Gasteiger partial charge in [0, 0.05) is 27.8 Å². The van der Waals surface area contributed by atoms with Crippen molar-refractivity contribution in [1.29, 1.82) is 0 Å². The average molecular weight is 296 g/mol. The number of Topliss-reactive ketones (excluding diaryl/α,β-unsaturated/α-hetero) is 1. The van der Waals surface area contributed by atoms with E-state index >= 15 is 0 Å². The van der Waals surface area contributed by atoms with E-state index in [9.17, 15) is 24.9 Å². The summed E-state index contributed by atoms with van der Waals surface area (Å²) < 4.78 is 0. The van der Waals surface area contributed by atoms with E-state index in [4.69, 9.17) is 0 Å². The number of aromatic hydroxyl groups is 3. The zero-order valence-corrected chi connectivity index (χ0v) is 11.6. The first-order valence-electron chi connectivity index (χ1n) is 6.54. The molecular formula is C17H12O5. The Morgan fingerprint density at radius 1 is 0.864 bits per heavy atom. The van der Waals surface area contributed by atoms with E-state index in [0.29, 0.717) is 16.3 Å². The first kappa shape index (κ1) is 13.9. The second-order valence-electron chi connectivity index (χ2n) is 5.17. The number of ketones is 1. The normalized spacial score (nSPS) is 11.0. The van der Waals surface area contributed by atoms with Crippen molar-refractivity contribution in [2.24, 2.45) is 0 Å². The number of phenols is 3. The minimum absolute atomic E-state index is 0.0488. The summed E-state index contributed by atoms with van der Waals surface area (Å²) in [5.74, 6) is -1.30. The highest BCUT2D eigenvalue weighted by molar-refractivity contribution is 6.40. The maximum Gasteiger partial charge on any atom is 0.226 e. The molecule has 0 spiro atoms. The van der Waals surface area contributed by atoms with Crippen LogP contribution in [0, 0.1) is 6.92 Å². The zero-order chi connectivity index (χ0) is 16.0. The fourth-order valence-electron chi connectivity index (χ4n) is 2.73. The van der Waals surface area contributed by atoms with Crippen LogP contribution in [0.4, 0.5) is 0 Å². The van der Waals surface area contributed by atoms with Crippen LogP contribution in [0.2, 0.25) is 0 Å². The second kappa shape index (κ2) is 4.73. The van der Waals surface area contributed by atoms with Crippen LogP contribution in [-0.2, 0) is 4.79 Å². The molecule has 110 valence electrons. The highest BCUT2D eigenvalue weighted by atomic mass is 16.3. The molecule has 0 fully saturated rings. The predicted molar refractivity (Wildman–Crippen MR) is 81.6 cm³/mol.